The first kappa shape index (κ1) is 22.2. The molecule has 2 aromatic carbocycles. The van der Waals surface area contributed by atoms with Crippen LogP contribution in [0, 0.1) is 20.2 Å². The van der Waals surface area contributed by atoms with Crippen molar-refractivity contribution < 1.29 is 39.0 Å². The molecule has 0 amide bonds. The number of aliphatic hydroxyl groups is 2. The lowest BCUT2D eigenvalue weighted by molar-refractivity contribution is -0.385. The van der Waals surface area contributed by atoms with Crippen LogP contribution in [0.4, 0.5) is 11.4 Å². The number of hydrogen-bond acceptors (Lipinski definition) is 10. The van der Waals surface area contributed by atoms with Crippen LogP contribution in [-0.4, -0.2) is 57.7 Å². The number of hydrogen-bond donors (Lipinski definition) is 2. The highest BCUT2D eigenvalue weighted by molar-refractivity contribution is 5.36. The molecule has 0 spiro atoms. The van der Waals surface area contributed by atoms with Crippen LogP contribution in [0.1, 0.15) is 23.7 Å². The topological polar surface area (TPSA) is 164 Å². The second kappa shape index (κ2) is 9.24. The van der Waals surface area contributed by atoms with Crippen molar-refractivity contribution >= 4 is 11.4 Å². The number of rotatable bonds is 5. The summed E-state index contributed by atoms with van der Waals surface area (Å²) in [5, 5.41) is 42.7. The second-order valence-corrected chi connectivity index (χ2v) is 7.32. The van der Waals surface area contributed by atoms with E-state index in [-0.39, 0.29) is 18.0 Å². The van der Waals surface area contributed by atoms with Crippen LogP contribution in [0.5, 0.6) is 0 Å². The zero-order chi connectivity index (χ0) is 22.8. The van der Waals surface area contributed by atoms with Crippen LogP contribution in [0.25, 0.3) is 0 Å². The first-order valence-corrected chi connectivity index (χ1v) is 9.73. The lowest BCUT2D eigenvalue weighted by Gasteiger charge is -2.45. The summed E-state index contributed by atoms with van der Waals surface area (Å²) >= 11 is 0. The molecule has 2 aliphatic heterocycles. The maximum atomic E-state index is 11.1. The fourth-order valence-corrected chi connectivity index (χ4v) is 3.66. The largest absolute Gasteiger partial charge is 0.394 e. The molecule has 0 radical (unpaired) electrons. The predicted molar refractivity (Wildman–Crippen MR) is 105 cm³/mol. The number of fused-ring (bicyclic) bond motifs is 2. The smallest absolute Gasteiger partial charge is 0.269 e. The number of benzene rings is 2. The van der Waals surface area contributed by atoms with Crippen molar-refractivity contribution in [2.75, 3.05) is 13.2 Å². The maximum absolute atomic E-state index is 11.1. The van der Waals surface area contributed by atoms with Gasteiger partial charge in [-0.15, -0.1) is 0 Å². The Morgan fingerprint density at radius 2 is 1.50 bits per heavy atom. The molecular formula is C20H20N2O10. The van der Waals surface area contributed by atoms with Crippen molar-refractivity contribution in [2.24, 2.45) is 0 Å². The number of ether oxygens (including phenoxy) is 4. The van der Waals surface area contributed by atoms with E-state index in [1.807, 2.05) is 0 Å². The lowest BCUT2D eigenvalue weighted by atomic mass is 10.00. The zero-order valence-corrected chi connectivity index (χ0v) is 16.6. The van der Waals surface area contributed by atoms with Crippen LogP contribution in [-0.2, 0) is 18.9 Å². The number of nitro groups is 2. The molecule has 2 fully saturated rings. The molecule has 2 saturated heterocycles. The molecule has 2 unspecified atom stereocenters. The summed E-state index contributed by atoms with van der Waals surface area (Å²) in [7, 11) is 0. The minimum Gasteiger partial charge on any atom is -0.394 e. The van der Waals surface area contributed by atoms with E-state index < -0.39 is 53.4 Å². The van der Waals surface area contributed by atoms with E-state index in [4.69, 9.17) is 18.9 Å². The van der Waals surface area contributed by atoms with Crippen molar-refractivity contribution in [3.63, 3.8) is 0 Å². The molecule has 0 aliphatic carbocycles. The van der Waals surface area contributed by atoms with E-state index in [0.717, 1.165) is 0 Å². The van der Waals surface area contributed by atoms with Gasteiger partial charge in [-0.2, -0.15) is 0 Å². The van der Waals surface area contributed by atoms with Gasteiger partial charge in [0.25, 0.3) is 11.4 Å². The Morgan fingerprint density at radius 1 is 0.906 bits per heavy atom. The zero-order valence-electron chi connectivity index (χ0n) is 16.6. The summed E-state index contributed by atoms with van der Waals surface area (Å²) in [6.07, 6.45) is -6.38. The molecule has 12 heteroatoms. The van der Waals surface area contributed by atoms with Crippen molar-refractivity contribution in [3.8, 4) is 0 Å². The van der Waals surface area contributed by atoms with Gasteiger partial charge in [0, 0.05) is 35.4 Å². The SMILES string of the molecule is O=[N+]([O-])c1cccc(C2OC[C@H]3OC(c4cccc([N+](=O)[O-])c4)O[C@H]([C@H]3O)[C@H](CO)O2)c1. The molecule has 2 aliphatic rings. The number of aliphatic hydroxyl groups excluding tert-OH is 2. The van der Waals surface area contributed by atoms with Gasteiger partial charge in [-0.25, -0.2) is 0 Å². The van der Waals surface area contributed by atoms with E-state index in [2.05, 4.69) is 0 Å². The van der Waals surface area contributed by atoms with Gasteiger partial charge in [0.15, 0.2) is 12.6 Å². The summed E-state index contributed by atoms with van der Waals surface area (Å²) in [5.41, 5.74) is 0.393. The van der Waals surface area contributed by atoms with E-state index in [1.54, 1.807) is 12.1 Å². The highest BCUT2D eigenvalue weighted by Crippen LogP contribution is 2.37. The molecule has 2 heterocycles. The third kappa shape index (κ3) is 4.46. The van der Waals surface area contributed by atoms with E-state index in [1.165, 1.54) is 36.4 Å². The van der Waals surface area contributed by atoms with Gasteiger partial charge in [0.1, 0.15) is 24.4 Å². The Kier molecular flexibility index (Phi) is 6.41. The van der Waals surface area contributed by atoms with Gasteiger partial charge in [0.05, 0.1) is 23.1 Å². The molecular weight excluding hydrogens is 428 g/mol. The molecule has 32 heavy (non-hydrogen) atoms. The Labute approximate surface area is 181 Å². The molecule has 12 nitrogen and oxygen atoms in total. The number of non-ortho nitro benzene ring substituents is 2. The summed E-state index contributed by atoms with van der Waals surface area (Å²) in [5.74, 6) is 0. The molecule has 0 aromatic heterocycles. The van der Waals surface area contributed by atoms with Crippen LogP contribution in [0.3, 0.4) is 0 Å². The van der Waals surface area contributed by atoms with Crippen LogP contribution >= 0.6 is 0 Å². The molecule has 6 atom stereocenters. The van der Waals surface area contributed by atoms with Crippen molar-refractivity contribution in [3.05, 3.63) is 79.9 Å². The molecule has 0 saturated carbocycles. The molecule has 2 N–H and O–H groups in total. The van der Waals surface area contributed by atoms with Crippen molar-refractivity contribution in [2.45, 2.75) is 37.0 Å². The fraction of sp³-hybridized carbons (Fsp3) is 0.400. The van der Waals surface area contributed by atoms with Gasteiger partial charge < -0.3 is 29.2 Å². The quantitative estimate of drug-likeness (QED) is 0.509. The summed E-state index contributed by atoms with van der Waals surface area (Å²) in [6.45, 7) is -0.706. The minimum atomic E-state index is -1.21. The Hall–Kier alpha value is -3.00. The average molecular weight is 448 g/mol. The van der Waals surface area contributed by atoms with Crippen LogP contribution in [0.15, 0.2) is 48.5 Å². The number of nitro benzene ring substituents is 2. The lowest BCUT2D eigenvalue weighted by Crippen LogP contribution is -2.57. The Morgan fingerprint density at radius 3 is 2.06 bits per heavy atom. The van der Waals surface area contributed by atoms with E-state index in [9.17, 15) is 30.4 Å². The summed E-state index contributed by atoms with van der Waals surface area (Å²) in [6, 6.07) is 11.4. The van der Waals surface area contributed by atoms with Gasteiger partial charge in [0.2, 0.25) is 0 Å². The van der Waals surface area contributed by atoms with E-state index in [0.29, 0.717) is 11.1 Å². The molecule has 2 bridgehead atoms. The molecule has 2 aromatic rings. The Balaban J connectivity index is 1.60. The fourth-order valence-electron chi connectivity index (χ4n) is 3.66. The van der Waals surface area contributed by atoms with Crippen molar-refractivity contribution in [1.82, 2.24) is 0 Å². The monoisotopic (exact) mass is 448 g/mol. The minimum absolute atomic E-state index is 0.155. The van der Waals surface area contributed by atoms with Gasteiger partial charge in [-0.05, 0) is 0 Å². The first-order chi connectivity index (χ1) is 15.4. The normalized spacial score (nSPS) is 30.2. The standard InChI is InChI=1S/C20H20N2O10/c23-9-15-18-17(24)16(31-20(32-18)12-4-2-6-14(8-12)22(27)28)10-29-19(30-15)11-3-1-5-13(7-11)21(25)26/h1-8,15-20,23-24H,9-10H2/t15-,16+,17-,18-,19?,20?/m0/s1. The number of nitrogens with zero attached hydrogens (tertiary/aromatic N) is 2. The molecule has 170 valence electrons. The Bertz CT molecular complexity index is 944. The van der Waals surface area contributed by atoms with E-state index >= 15 is 0 Å². The van der Waals surface area contributed by atoms with Crippen LogP contribution in [0.2, 0.25) is 0 Å². The van der Waals surface area contributed by atoms with Gasteiger partial charge >= 0.3 is 0 Å². The maximum Gasteiger partial charge on any atom is 0.269 e. The highest BCUT2D eigenvalue weighted by Gasteiger charge is 2.46. The highest BCUT2D eigenvalue weighted by atomic mass is 16.8. The molecule has 4 rings (SSSR count). The predicted octanol–water partition coefficient (Wildman–Crippen LogP) is 1.75. The first-order valence-electron chi connectivity index (χ1n) is 9.73. The van der Waals surface area contributed by atoms with Gasteiger partial charge in [-0.3, -0.25) is 20.2 Å². The summed E-state index contributed by atoms with van der Waals surface area (Å²) < 4.78 is 23.2. The third-order valence-electron chi connectivity index (χ3n) is 5.26. The average Bonchev–Trinajstić information content (AvgIpc) is 2.80. The van der Waals surface area contributed by atoms with Gasteiger partial charge in [-0.1, -0.05) is 24.3 Å². The van der Waals surface area contributed by atoms with Crippen molar-refractivity contribution in [1.29, 1.82) is 0 Å². The second-order valence-electron chi connectivity index (χ2n) is 7.32. The summed E-state index contributed by atoms with van der Waals surface area (Å²) in [4.78, 5) is 21.1. The third-order valence-corrected chi connectivity index (χ3v) is 5.26. The van der Waals surface area contributed by atoms with Crippen LogP contribution < -0.4 is 0 Å².